The second-order valence-electron chi connectivity index (χ2n) is 9.93. The number of likely N-dealkylation sites (N-methyl/N-ethyl adjacent to an activating group) is 1. The van der Waals surface area contributed by atoms with Crippen molar-refractivity contribution < 1.29 is 14.3 Å². The number of carbonyl (C=O) groups excluding carboxylic acids is 1. The van der Waals surface area contributed by atoms with Crippen LogP contribution < -0.4 is 9.47 Å². The summed E-state index contributed by atoms with van der Waals surface area (Å²) in [7, 11) is 3.33. The van der Waals surface area contributed by atoms with Gasteiger partial charge in [-0.3, -0.25) is 4.79 Å². The van der Waals surface area contributed by atoms with E-state index in [2.05, 4.69) is 71.1 Å². The fourth-order valence-corrected chi connectivity index (χ4v) is 5.52. The molecule has 198 valence electrons. The lowest BCUT2D eigenvalue weighted by atomic mass is 9.87. The molecule has 4 aromatic rings. The number of ether oxygens (including phenoxy) is 2. The molecule has 2 heterocycles. The van der Waals surface area contributed by atoms with Gasteiger partial charge in [-0.15, -0.1) is 0 Å². The molecule has 0 N–H and O–H groups in total. The Labute approximate surface area is 225 Å². The third kappa shape index (κ3) is 5.55. The van der Waals surface area contributed by atoms with Gasteiger partial charge in [-0.05, 0) is 41.4 Å². The molecule has 6 nitrogen and oxygen atoms in total. The minimum atomic E-state index is -0.141. The first-order valence-electron chi connectivity index (χ1n) is 13.4. The van der Waals surface area contributed by atoms with Gasteiger partial charge in [0.2, 0.25) is 5.91 Å². The van der Waals surface area contributed by atoms with E-state index in [-0.39, 0.29) is 11.8 Å². The Balaban J connectivity index is 1.56. The highest BCUT2D eigenvalue weighted by Crippen LogP contribution is 2.38. The molecule has 38 heavy (non-hydrogen) atoms. The highest BCUT2D eigenvalue weighted by molar-refractivity contribution is 5.87. The summed E-state index contributed by atoms with van der Waals surface area (Å²) < 4.78 is 13.5. The molecule has 1 fully saturated rings. The van der Waals surface area contributed by atoms with E-state index in [4.69, 9.17) is 9.47 Å². The zero-order valence-corrected chi connectivity index (χ0v) is 22.6. The number of rotatable bonds is 9. The molecule has 6 heteroatoms. The molecule has 5 rings (SSSR count). The summed E-state index contributed by atoms with van der Waals surface area (Å²) in [4.78, 5) is 18.2. The predicted octanol–water partition coefficient (Wildman–Crippen LogP) is 5.39. The summed E-state index contributed by atoms with van der Waals surface area (Å²) in [6.07, 6.45) is 2.62. The minimum Gasteiger partial charge on any atom is -0.497 e. The van der Waals surface area contributed by atoms with Gasteiger partial charge in [0.1, 0.15) is 11.5 Å². The van der Waals surface area contributed by atoms with Crippen LogP contribution in [0.1, 0.15) is 36.0 Å². The smallest absolute Gasteiger partial charge is 0.223 e. The minimum absolute atomic E-state index is 0.141. The number of piperazine rings is 1. The Hall–Kier alpha value is -3.77. The van der Waals surface area contributed by atoms with Gasteiger partial charge in [0.25, 0.3) is 0 Å². The molecule has 3 aromatic carbocycles. The van der Waals surface area contributed by atoms with Crippen molar-refractivity contribution in [2.45, 2.75) is 25.8 Å². The normalized spacial score (nSPS) is 15.0. The van der Waals surface area contributed by atoms with Gasteiger partial charge in [-0.25, -0.2) is 0 Å². The fraction of sp³-hybridized carbons (Fsp3) is 0.344. The second-order valence-corrected chi connectivity index (χ2v) is 9.93. The first-order chi connectivity index (χ1) is 18.6. The molecule has 0 saturated carbocycles. The molecule has 1 aliphatic rings. The van der Waals surface area contributed by atoms with Gasteiger partial charge in [-0.2, -0.15) is 0 Å². The highest BCUT2D eigenvalue weighted by atomic mass is 16.5. The summed E-state index contributed by atoms with van der Waals surface area (Å²) in [6, 6.07) is 24.9. The zero-order valence-electron chi connectivity index (χ0n) is 22.6. The summed E-state index contributed by atoms with van der Waals surface area (Å²) in [6.45, 7) is 7.37. The lowest BCUT2D eigenvalue weighted by Crippen LogP contribution is -2.48. The van der Waals surface area contributed by atoms with E-state index < -0.39 is 0 Å². The molecule has 0 aliphatic carbocycles. The third-order valence-corrected chi connectivity index (χ3v) is 7.72. The van der Waals surface area contributed by atoms with Crippen molar-refractivity contribution in [3.8, 4) is 11.5 Å². The first kappa shape index (κ1) is 25.9. The van der Waals surface area contributed by atoms with Gasteiger partial charge in [0.05, 0.1) is 14.2 Å². The Kier molecular flexibility index (Phi) is 7.99. The maximum atomic E-state index is 13.7. The molecule has 0 radical (unpaired) electrons. The predicted molar refractivity (Wildman–Crippen MR) is 152 cm³/mol. The lowest BCUT2D eigenvalue weighted by molar-refractivity contribution is -0.133. The van der Waals surface area contributed by atoms with Crippen LogP contribution in [0.5, 0.6) is 11.5 Å². The van der Waals surface area contributed by atoms with Gasteiger partial charge in [-0.1, -0.05) is 55.5 Å². The fourth-order valence-electron chi connectivity index (χ4n) is 5.52. The Morgan fingerprint density at radius 3 is 2.18 bits per heavy atom. The molecule has 1 unspecified atom stereocenters. The van der Waals surface area contributed by atoms with E-state index in [9.17, 15) is 4.79 Å². The largest absolute Gasteiger partial charge is 0.497 e. The highest BCUT2D eigenvalue weighted by Gasteiger charge is 2.28. The van der Waals surface area contributed by atoms with Crippen LogP contribution in [0.15, 0.2) is 79.0 Å². The van der Waals surface area contributed by atoms with Crippen molar-refractivity contribution in [2.75, 3.05) is 46.9 Å². The number of hydrogen-bond donors (Lipinski definition) is 0. The number of nitrogens with zero attached hydrogens (tertiary/aromatic N) is 3. The van der Waals surface area contributed by atoms with Crippen molar-refractivity contribution in [1.29, 1.82) is 0 Å². The molecule has 1 aromatic heterocycles. The van der Waals surface area contributed by atoms with E-state index in [1.807, 2.05) is 29.2 Å². The van der Waals surface area contributed by atoms with Crippen molar-refractivity contribution in [1.82, 2.24) is 14.4 Å². The first-order valence-corrected chi connectivity index (χ1v) is 13.4. The van der Waals surface area contributed by atoms with Crippen LogP contribution in [-0.4, -0.2) is 67.2 Å². The molecular weight excluding hydrogens is 474 g/mol. The number of amides is 1. The zero-order chi connectivity index (χ0) is 26.5. The number of carbonyl (C=O) groups is 1. The van der Waals surface area contributed by atoms with Crippen molar-refractivity contribution in [3.63, 3.8) is 0 Å². The molecule has 0 spiro atoms. The van der Waals surface area contributed by atoms with E-state index in [1.165, 1.54) is 10.9 Å². The SMILES string of the molecule is CCN1CCN(C(=O)CC(c2cc(OC)cc(OC)c2)c2cn(Cc3ccccc3)c3ccccc23)CC1. The average Bonchev–Trinajstić information content (AvgIpc) is 3.33. The Bertz CT molecular complexity index is 1350. The monoisotopic (exact) mass is 511 g/mol. The van der Waals surface area contributed by atoms with E-state index in [0.29, 0.717) is 6.42 Å². The van der Waals surface area contributed by atoms with Crippen molar-refractivity contribution in [3.05, 3.63) is 95.7 Å². The van der Waals surface area contributed by atoms with Crippen LogP contribution in [0.3, 0.4) is 0 Å². The molecular formula is C32H37N3O3. The molecule has 1 saturated heterocycles. The Morgan fingerprint density at radius 2 is 1.53 bits per heavy atom. The van der Waals surface area contributed by atoms with Crippen molar-refractivity contribution >= 4 is 16.8 Å². The quantitative estimate of drug-likeness (QED) is 0.302. The number of methoxy groups -OCH3 is 2. The van der Waals surface area contributed by atoms with Crippen LogP contribution in [-0.2, 0) is 11.3 Å². The number of para-hydroxylation sites is 1. The van der Waals surface area contributed by atoms with Crippen molar-refractivity contribution in [2.24, 2.45) is 0 Å². The van der Waals surface area contributed by atoms with Crippen LogP contribution >= 0.6 is 0 Å². The standard InChI is InChI=1S/C32H37N3O3/c1-4-33-14-16-34(17-15-33)32(36)21-29(25-18-26(37-2)20-27(19-25)38-3)30-23-35(22-24-10-6-5-7-11-24)31-13-9-8-12-28(30)31/h5-13,18-20,23,29H,4,14-17,21-22H2,1-3H3. The van der Waals surface area contributed by atoms with Crippen LogP contribution in [0.4, 0.5) is 0 Å². The van der Waals surface area contributed by atoms with E-state index in [0.717, 1.165) is 67.4 Å². The van der Waals surface area contributed by atoms with E-state index >= 15 is 0 Å². The van der Waals surface area contributed by atoms with Gasteiger partial charge in [0.15, 0.2) is 0 Å². The molecule has 0 bridgehead atoms. The summed E-state index contributed by atoms with van der Waals surface area (Å²) >= 11 is 0. The van der Waals surface area contributed by atoms with Gasteiger partial charge >= 0.3 is 0 Å². The van der Waals surface area contributed by atoms with Crippen LogP contribution in [0.25, 0.3) is 10.9 Å². The lowest BCUT2D eigenvalue weighted by Gasteiger charge is -2.35. The second kappa shape index (κ2) is 11.7. The summed E-state index contributed by atoms with van der Waals surface area (Å²) in [5.41, 5.74) is 4.57. The third-order valence-electron chi connectivity index (χ3n) is 7.72. The van der Waals surface area contributed by atoms with Gasteiger partial charge in [0, 0.05) is 68.2 Å². The topological polar surface area (TPSA) is 46.9 Å². The number of hydrogen-bond acceptors (Lipinski definition) is 4. The molecule has 1 atom stereocenters. The van der Waals surface area contributed by atoms with Crippen LogP contribution in [0, 0.1) is 0 Å². The summed E-state index contributed by atoms with van der Waals surface area (Å²) in [5, 5.41) is 1.17. The molecule has 1 amide bonds. The average molecular weight is 512 g/mol. The Morgan fingerprint density at radius 1 is 0.868 bits per heavy atom. The molecule has 1 aliphatic heterocycles. The summed E-state index contributed by atoms with van der Waals surface area (Å²) in [5.74, 6) is 1.49. The number of aromatic nitrogens is 1. The van der Waals surface area contributed by atoms with Crippen LogP contribution in [0.2, 0.25) is 0 Å². The van der Waals surface area contributed by atoms with Gasteiger partial charge < -0.3 is 23.8 Å². The number of fused-ring (bicyclic) bond motifs is 1. The van der Waals surface area contributed by atoms with E-state index in [1.54, 1.807) is 14.2 Å². The number of benzene rings is 3. The maximum absolute atomic E-state index is 13.7. The maximum Gasteiger partial charge on any atom is 0.223 e.